The first-order valence-corrected chi connectivity index (χ1v) is 13.0. The zero-order valence-electron chi connectivity index (χ0n) is 22.0. The quantitative estimate of drug-likeness (QED) is 0.263. The summed E-state index contributed by atoms with van der Waals surface area (Å²) in [4.78, 5) is 40.8. The molecule has 14 nitrogen and oxygen atoms in total. The van der Waals surface area contributed by atoms with E-state index in [0.29, 0.717) is 16.9 Å². The number of ether oxygens (including phenoxy) is 4. The third kappa shape index (κ3) is 5.30. The Balaban J connectivity index is 1.24. The average Bonchev–Trinajstić information content (AvgIpc) is 3.60. The Hall–Kier alpha value is -4.44. The summed E-state index contributed by atoms with van der Waals surface area (Å²) < 4.78 is 39.6. The number of carboxylic acids is 1. The van der Waals surface area contributed by atoms with Crippen LogP contribution in [0, 0.1) is 5.82 Å². The number of rotatable bonds is 7. The van der Waals surface area contributed by atoms with Gasteiger partial charge in [0.05, 0.1) is 6.33 Å². The molecular weight excluding hydrogens is 577 g/mol. The highest BCUT2D eigenvalue weighted by Gasteiger charge is 2.56. The maximum Gasteiger partial charge on any atom is 0.341 e. The molecule has 0 spiro atoms. The number of nitrogens with zero attached hydrogens (tertiary/aromatic N) is 5. The number of amides is 2. The van der Waals surface area contributed by atoms with Crippen LogP contribution in [0.3, 0.4) is 0 Å². The molecular formula is C26H23ClFN7O7. The number of anilines is 2. The maximum absolute atomic E-state index is 13.8. The Morgan fingerprint density at radius 2 is 1.90 bits per heavy atom. The van der Waals surface area contributed by atoms with Crippen molar-refractivity contribution in [3.05, 3.63) is 65.6 Å². The number of carboxylic acid groups (broad SMARTS) is 1. The molecule has 2 saturated heterocycles. The summed E-state index contributed by atoms with van der Waals surface area (Å²) in [6.07, 6.45) is -0.130. The van der Waals surface area contributed by atoms with Crippen molar-refractivity contribution in [2.24, 2.45) is 0 Å². The number of pyridine rings is 1. The van der Waals surface area contributed by atoms with Gasteiger partial charge in [-0.1, -0.05) is 29.8 Å². The molecule has 0 radical (unpaired) electrons. The fourth-order valence-corrected chi connectivity index (χ4v) is 4.94. The van der Waals surface area contributed by atoms with E-state index in [-0.39, 0.29) is 18.3 Å². The van der Waals surface area contributed by atoms with Gasteiger partial charge < -0.3 is 29.4 Å². The number of urea groups is 1. The molecule has 3 aromatic heterocycles. The fourth-order valence-electron chi connectivity index (χ4n) is 4.81. The first kappa shape index (κ1) is 27.7. The monoisotopic (exact) mass is 599 g/mol. The molecule has 2 aliphatic rings. The van der Waals surface area contributed by atoms with Crippen molar-refractivity contribution < 1.29 is 38.0 Å². The van der Waals surface area contributed by atoms with E-state index in [2.05, 4.69) is 30.6 Å². The minimum absolute atomic E-state index is 0.172. The standard InChI is InChI=1S/C26H23ClFN7O7/c1-26(2)41-17-15(9-39-22-13(24(36)37)8-14(28)19(27)33-22)40-23(18(17)42-26)35-11-31-16-20(29-10-30-21(16)35)34-25(38)32-12-6-4-3-5-7-12/h3-8,10-11,15,17-18,23H,9H2,1-2H3,(H,36,37)(H2,29,30,32,34,38). The summed E-state index contributed by atoms with van der Waals surface area (Å²) in [5, 5.41) is 14.3. The van der Waals surface area contributed by atoms with Crippen molar-refractivity contribution >= 4 is 46.3 Å². The molecule has 4 aromatic rings. The van der Waals surface area contributed by atoms with Gasteiger partial charge in [0.25, 0.3) is 0 Å². The van der Waals surface area contributed by atoms with E-state index in [9.17, 15) is 19.1 Å². The first-order valence-electron chi connectivity index (χ1n) is 12.6. The topological polar surface area (TPSA) is 172 Å². The van der Waals surface area contributed by atoms with Crippen LogP contribution in [0.1, 0.15) is 30.4 Å². The minimum atomic E-state index is -1.44. The predicted molar refractivity (Wildman–Crippen MR) is 144 cm³/mol. The second-order valence-corrected chi connectivity index (χ2v) is 10.2. The second kappa shape index (κ2) is 10.8. The van der Waals surface area contributed by atoms with Gasteiger partial charge in [-0.2, -0.15) is 4.98 Å². The van der Waals surface area contributed by atoms with Crippen LogP contribution in [0.5, 0.6) is 5.88 Å². The molecule has 42 heavy (non-hydrogen) atoms. The van der Waals surface area contributed by atoms with Gasteiger partial charge in [-0.3, -0.25) is 9.88 Å². The van der Waals surface area contributed by atoms with Gasteiger partial charge in [-0.15, -0.1) is 0 Å². The van der Waals surface area contributed by atoms with Gasteiger partial charge in [0.15, 0.2) is 40.0 Å². The molecule has 4 atom stereocenters. The predicted octanol–water partition coefficient (Wildman–Crippen LogP) is 3.85. The van der Waals surface area contributed by atoms with E-state index in [4.69, 9.17) is 30.5 Å². The van der Waals surface area contributed by atoms with E-state index in [1.165, 1.54) is 12.7 Å². The summed E-state index contributed by atoms with van der Waals surface area (Å²) >= 11 is 5.76. The zero-order chi connectivity index (χ0) is 29.6. The number of imidazole rings is 1. The van der Waals surface area contributed by atoms with Gasteiger partial charge in [-0.25, -0.2) is 28.9 Å². The van der Waals surface area contributed by atoms with Crippen LogP contribution in [-0.4, -0.2) is 72.3 Å². The van der Waals surface area contributed by atoms with Crippen molar-refractivity contribution in [1.82, 2.24) is 24.5 Å². The summed E-state index contributed by atoms with van der Waals surface area (Å²) in [6, 6.07) is 9.11. The third-order valence-corrected chi connectivity index (χ3v) is 6.80. The highest BCUT2D eigenvalue weighted by atomic mass is 35.5. The van der Waals surface area contributed by atoms with Crippen LogP contribution in [0.4, 0.5) is 20.7 Å². The van der Waals surface area contributed by atoms with Gasteiger partial charge >= 0.3 is 12.0 Å². The number of hydrogen-bond donors (Lipinski definition) is 3. The molecule has 2 fully saturated rings. The Kier molecular flexibility index (Phi) is 7.10. The van der Waals surface area contributed by atoms with Crippen LogP contribution < -0.4 is 15.4 Å². The van der Waals surface area contributed by atoms with E-state index >= 15 is 0 Å². The van der Waals surface area contributed by atoms with Crippen LogP contribution in [0.2, 0.25) is 5.15 Å². The molecule has 218 valence electrons. The number of carbonyl (C=O) groups excluding carboxylic acids is 1. The molecule has 3 N–H and O–H groups in total. The van der Waals surface area contributed by atoms with Crippen molar-refractivity contribution in [2.75, 3.05) is 17.2 Å². The molecule has 2 aliphatic heterocycles. The molecule has 0 aliphatic carbocycles. The molecule has 16 heteroatoms. The fraction of sp³-hybridized carbons (Fsp3) is 0.308. The molecule has 0 bridgehead atoms. The van der Waals surface area contributed by atoms with Crippen LogP contribution >= 0.6 is 11.6 Å². The van der Waals surface area contributed by atoms with Gasteiger partial charge in [0.2, 0.25) is 5.88 Å². The lowest BCUT2D eigenvalue weighted by atomic mass is 10.1. The van der Waals surface area contributed by atoms with E-state index in [1.54, 1.807) is 42.7 Å². The number of nitrogens with one attached hydrogen (secondary N) is 2. The second-order valence-electron chi connectivity index (χ2n) is 9.85. The average molecular weight is 600 g/mol. The Labute approximate surface area is 241 Å². The van der Waals surface area contributed by atoms with Gasteiger partial charge in [0.1, 0.15) is 36.8 Å². The summed E-state index contributed by atoms with van der Waals surface area (Å²) in [5.74, 6) is -3.61. The Bertz CT molecular complexity index is 1670. The molecule has 5 heterocycles. The number of halogens is 2. The maximum atomic E-state index is 13.8. The highest BCUT2D eigenvalue weighted by Crippen LogP contribution is 2.44. The number of aromatic nitrogens is 5. The lowest BCUT2D eigenvalue weighted by molar-refractivity contribution is -0.199. The first-order chi connectivity index (χ1) is 20.1. The Morgan fingerprint density at radius 3 is 2.67 bits per heavy atom. The van der Waals surface area contributed by atoms with E-state index in [1.807, 2.05) is 6.07 Å². The molecule has 1 aromatic carbocycles. The Morgan fingerprint density at radius 1 is 1.14 bits per heavy atom. The summed E-state index contributed by atoms with van der Waals surface area (Å²) in [7, 11) is 0. The van der Waals surface area contributed by atoms with Crippen LogP contribution in [0.15, 0.2) is 49.1 Å². The molecule has 2 amide bonds. The lowest BCUT2D eigenvalue weighted by Crippen LogP contribution is -2.34. The number of aromatic carboxylic acids is 1. The smallest absolute Gasteiger partial charge is 0.341 e. The van der Waals surface area contributed by atoms with Crippen LogP contribution in [-0.2, 0) is 14.2 Å². The normalized spacial score (nSPS) is 22.6. The van der Waals surface area contributed by atoms with E-state index < -0.39 is 58.9 Å². The lowest BCUT2D eigenvalue weighted by Gasteiger charge is -2.24. The molecule has 4 unspecified atom stereocenters. The number of fused-ring (bicyclic) bond motifs is 2. The summed E-state index contributed by atoms with van der Waals surface area (Å²) in [5.41, 5.74) is 0.744. The highest BCUT2D eigenvalue weighted by molar-refractivity contribution is 6.29. The largest absolute Gasteiger partial charge is 0.477 e. The van der Waals surface area contributed by atoms with Crippen molar-refractivity contribution in [1.29, 1.82) is 0 Å². The van der Waals surface area contributed by atoms with E-state index in [0.717, 1.165) is 6.07 Å². The number of carbonyl (C=O) groups is 2. The van der Waals surface area contributed by atoms with Crippen molar-refractivity contribution in [3.8, 4) is 5.88 Å². The molecule has 6 rings (SSSR count). The minimum Gasteiger partial charge on any atom is -0.477 e. The van der Waals surface area contributed by atoms with Crippen molar-refractivity contribution in [2.45, 2.75) is 44.2 Å². The number of hydrogen-bond acceptors (Lipinski definition) is 10. The van der Waals surface area contributed by atoms with Crippen LogP contribution in [0.25, 0.3) is 11.2 Å². The van der Waals surface area contributed by atoms with Crippen molar-refractivity contribution in [3.63, 3.8) is 0 Å². The molecule has 0 saturated carbocycles. The van der Waals surface area contributed by atoms with Gasteiger partial charge in [0, 0.05) is 5.69 Å². The number of para-hydroxylation sites is 1. The zero-order valence-corrected chi connectivity index (χ0v) is 22.8. The van der Waals surface area contributed by atoms with Gasteiger partial charge in [-0.05, 0) is 32.0 Å². The third-order valence-electron chi connectivity index (χ3n) is 6.53. The SMILES string of the molecule is CC1(C)OC2C(COc3nc(Cl)c(F)cc3C(=O)O)OC(n3cnc4c(NC(=O)Nc5ccccc5)ncnc43)C2O1. The number of benzene rings is 1. The summed E-state index contributed by atoms with van der Waals surface area (Å²) in [6.45, 7) is 3.26.